The Labute approximate surface area is 329 Å². The summed E-state index contributed by atoms with van der Waals surface area (Å²) in [5.41, 5.74) is 2.23. The standard InChI is InChI=1S/C45H74O8Si/c1-11-12-13-19-38(5)45(51-33-40-23-25-41(47-7)26-24-40)43(53-39(6)46)27-22-37(4)42(52-34-48-31-32-54(8,9)10)20-15-14-18-35(2)36(3)28-30-50-44-21-16-17-29-49-44/h13,15,19-20,22-27,36-38,42-45H,2,11-12,14,16-18,21,28-34H2,1,3-10H3/t36-,37-,38-,42+,43-,44?,45-/m1/s1. The first-order chi connectivity index (χ1) is 25.8. The molecule has 1 aromatic carbocycles. The Morgan fingerprint density at radius 3 is 2.33 bits per heavy atom. The highest BCUT2D eigenvalue weighted by Gasteiger charge is 2.28. The molecule has 7 atom stereocenters. The van der Waals surface area contributed by atoms with E-state index in [0.717, 1.165) is 68.9 Å². The number of unbranched alkanes of at least 4 members (excludes halogenated alkanes) is 1. The molecule has 0 radical (unpaired) electrons. The fourth-order valence-electron chi connectivity index (χ4n) is 5.96. The van der Waals surface area contributed by atoms with Crippen molar-refractivity contribution in [2.24, 2.45) is 17.8 Å². The molecule has 1 aliphatic heterocycles. The average molecular weight is 771 g/mol. The van der Waals surface area contributed by atoms with E-state index in [2.05, 4.69) is 84.3 Å². The van der Waals surface area contributed by atoms with Gasteiger partial charge in [-0.15, -0.1) is 0 Å². The zero-order valence-electron chi connectivity index (χ0n) is 35.2. The van der Waals surface area contributed by atoms with E-state index in [1.165, 1.54) is 18.9 Å². The first kappa shape index (κ1) is 47.6. The molecule has 0 aliphatic carbocycles. The van der Waals surface area contributed by atoms with Crippen LogP contribution in [0, 0.1) is 17.8 Å². The molecule has 1 fully saturated rings. The largest absolute Gasteiger partial charge is 0.497 e. The van der Waals surface area contributed by atoms with Crippen molar-refractivity contribution in [2.45, 2.75) is 143 Å². The monoisotopic (exact) mass is 771 g/mol. The fourth-order valence-corrected chi connectivity index (χ4v) is 6.72. The van der Waals surface area contributed by atoms with Crippen LogP contribution in [0.4, 0.5) is 0 Å². The molecule has 1 aromatic rings. The van der Waals surface area contributed by atoms with Crippen LogP contribution >= 0.6 is 0 Å². The van der Waals surface area contributed by atoms with Gasteiger partial charge >= 0.3 is 5.97 Å². The van der Waals surface area contributed by atoms with Crippen LogP contribution in [0.3, 0.4) is 0 Å². The van der Waals surface area contributed by atoms with Gasteiger partial charge in [-0.1, -0.05) is 108 Å². The highest BCUT2D eigenvalue weighted by molar-refractivity contribution is 6.76. The number of rotatable bonds is 28. The van der Waals surface area contributed by atoms with Crippen LogP contribution in [-0.2, 0) is 39.8 Å². The maximum atomic E-state index is 12.4. The summed E-state index contributed by atoms with van der Waals surface area (Å²) in [6.07, 6.45) is 19.4. The van der Waals surface area contributed by atoms with Crippen molar-refractivity contribution in [1.82, 2.24) is 0 Å². The van der Waals surface area contributed by atoms with Gasteiger partial charge in [0.25, 0.3) is 0 Å². The molecule has 54 heavy (non-hydrogen) atoms. The van der Waals surface area contributed by atoms with Crippen molar-refractivity contribution in [3.8, 4) is 5.75 Å². The Bertz CT molecular complexity index is 1250. The predicted octanol–water partition coefficient (Wildman–Crippen LogP) is 10.9. The molecular weight excluding hydrogens is 697 g/mol. The zero-order valence-corrected chi connectivity index (χ0v) is 36.2. The Hall–Kier alpha value is -2.53. The fraction of sp³-hybridized carbons (Fsp3) is 0.667. The third-order valence-electron chi connectivity index (χ3n) is 9.75. The first-order valence-corrected chi connectivity index (χ1v) is 24.1. The molecular formula is C45H74O8Si. The topological polar surface area (TPSA) is 81.7 Å². The van der Waals surface area contributed by atoms with Crippen LogP contribution in [0.25, 0.3) is 0 Å². The molecule has 0 saturated carbocycles. The summed E-state index contributed by atoms with van der Waals surface area (Å²) in [7, 11) is 0.439. The molecule has 1 heterocycles. The highest BCUT2D eigenvalue weighted by atomic mass is 28.3. The van der Waals surface area contributed by atoms with Crippen LogP contribution in [0.1, 0.15) is 91.5 Å². The molecule has 8 nitrogen and oxygen atoms in total. The third kappa shape index (κ3) is 21.0. The number of ether oxygens (including phenoxy) is 7. The van der Waals surface area contributed by atoms with Gasteiger partial charge in [0, 0.05) is 40.0 Å². The lowest BCUT2D eigenvalue weighted by molar-refractivity contribution is -0.163. The summed E-state index contributed by atoms with van der Waals surface area (Å²) in [5, 5.41) is 0. The van der Waals surface area contributed by atoms with E-state index in [1.54, 1.807) is 7.11 Å². The molecule has 0 amide bonds. The molecule has 1 saturated heterocycles. The number of carbonyl (C=O) groups is 1. The van der Waals surface area contributed by atoms with Gasteiger partial charge < -0.3 is 33.2 Å². The molecule has 0 spiro atoms. The molecule has 1 aliphatic rings. The van der Waals surface area contributed by atoms with Crippen molar-refractivity contribution >= 4 is 14.0 Å². The van der Waals surface area contributed by atoms with Gasteiger partial charge in [-0.25, -0.2) is 0 Å². The van der Waals surface area contributed by atoms with Gasteiger partial charge in [0.2, 0.25) is 0 Å². The number of benzene rings is 1. The summed E-state index contributed by atoms with van der Waals surface area (Å²) >= 11 is 0. The van der Waals surface area contributed by atoms with Gasteiger partial charge in [-0.05, 0) is 80.7 Å². The van der Waals surface area contributed by atoms with E-state index in [-0.39, 0.29) is 37.0 Å². The van der Waals surface area contributed by atoms with Crippen molar-refractivity contribution in [3.05, 3.63) is 78.4 Å². The second-order valence-electron chi connectivity index (χ2n) is 16.0. The second-order valence-corrected chi connectivity index (χ2v) is 21.6. The number of esters is 1. The van der Waals surface area contributed by atoms with E-state index < -0.39 is 20.3 Å². The molecule has 0 N–H and O–H groups in total. The minimum Gasteiger partial charge on any atom is -0.497 e. The van der Waals surface area contributed by atoms with Crippen LogP contribution in [0.15, 0.2) is 72.9 Å². The van der Waals surface area contributed by atoms with E-state index in [9.17, 15) is 4.79 Å². The summed E-state index contributed by atoms with van der Waals surface area (Å²) in [4.78, 5) is 12.4. The number of hydrogen-bond donors (Lipinski definition) is 0. The number of allylic oxidation sites excluding steroid dienone is 3. The number of methoxy groups -OCH3 is 1. The smallest absolute Gasteiger partial charge is 0.303 e. The normalized spacial score (nSPS) is 18.8. The summed E-state index contributed by atoms with van der Waals surface area (Å²) in [6, 6.07) is 8.91. The lowest BCUT2D eigenvalue weighted by atomic mass is 9.94. The van der Waals surface area contributed by atoms with Crippen molar-refractivity contribution < 1.29 is 38.0 Å². The molecule has 306 valence electrons. The molecule has 1 unspecified atom stereocenters. The maximum absolute atomic E-state index is 12.4. The lowest BCUT2D eigenvalue weighted by Crippen LogP contribution is -2.36. The number of carbonyl (C=O) groups excluding carboxylic acids is 1. The average Bonchev–Trinajstić information content (AvgIpc) is 3.14. The van der Waals surface area contributed by atoms with E-state index >= 15 is 0 Å². The Morgan fingerprint density at radius 2 is 1.69 bits per heavy atom. The summed E-state index contributed by atoms with van der Waals surface area (Å²) in [6.45, 7) is 24.2. The SMILES string of the molecule is C=C(CCC=C[C@H](OCOCC[Si](C)(C)C)[C@H](C)C=C[C@@H](OC(C)=O)[C@H](OCc1ccc(OC)cc1)[C@H](C)C=CCCC)[C@H](C)CCOC1CCCCO1. The molecule has 9 heteroatoms. The quantitative estimate of drug-likeness (QED) is 0.0274. The number of hydrogen-bond acceptors (Lipinski definition) is 8. The minimum atomic E-state index is -1.21. The van der Waals surface area contributed by atoms with Crippen molar-refractivity contribution in [3.63, 3.8) is 0 Å². The lowest BCUT2D eigenvalue weighted by Gasteiger charge is -2.29. The van der Waals surface area contributed by atoms with Gasteiger partial charge in [-0.3, -0.25) is 4.79 Å². The molecule has 2 rings (SSSR count). The van der Waals surface area contributed by atoms with Crippen LogP contribution in [0.2, 0.25) is 25.7 Å². The van der Waals surface area contributed by atoms with Gasteiger partial charge in [0.05, 0.1) is 26.4 Å². The Balaban J connectivity index is 2.15. The zero-order chi connectivity index (χ0) is 39.8. The Morgan fingerprint density at radius 1 is 0.944 bits per heavy atom. The van der Waals surface area contributed by atoms with Crippen molar-refractivity contribution in [2.75, 3.05) is 33.7 Å². The van der Waals surface area contributed by atoms with Gasteiger partial charge in [0.1, 0.15) is 24.8 Å². The third-order valence-corrected chi connectivity index (χ3v) is 11.5. The predicted molar refractivity (Wildman–Crippen MR) is 223 cm³/mol. The minimum absolute atomic E-state index is 0.00606. The van der Waals surface area contributed by atoms with E-state index in [0.29, 0.717) is 25.7 Å². The van der Waals surface area contributed by atoms with E-state index in [1.807, 2.05) is 30.3 Å². The first-order valence-electron chi connectivity index (χ1n) is 20.4. The van der Waals surface area contributed by atoms with Crippen LogP contribution < -0.4 is 4.74 Å². The van der Waals surface area contributed by atoms with Gasteiger partial charge in [0.15, 0.2) is 6.29 Å². The second kappa shape index (κ2) is 27.1. The summed E-state index contributed by atoms with van der Waals surface area (Å²) in [5.74, 6) is 0.765. The summed E-state index contributed by atoms with van der Waals surface area (Å²) < 4.78 is 41.8. The van der Waals surface area contributed by atoms with Crippen molar-refractivity contribution in [1.29, 1.82) is 0 Å². The molecule has 0 aromatic heterocycles. The highest BCUT2D eigenvalue weighted by Crippen LogP contribution is 2.24. The van der Waals surface area contributed by atoms with E-state index in [4.69, 9.17) is 33.2 Å². The Kier molecular flexibility index (Phi) is 23.9. The maximum Gasteiger partial charge on any atom is 0.303 e. The van der Waals surface area contributed by atoms with Crippen LogP contribution in [-0.4, -0.2) is 72.4 Å². The molecule has 0 bridgehead atoms. The van der Waals surface area contributed by atoms with Crippen LogP contribution in [0.5, 0.6) is 5.75 Å². The van der Waals surface area contributed by atoms with Gasteiger partial charge in [-0.2, -0.15) is 0 Å².